The molecule has 30 heavy (non-hydrogen) atoms. The van der Waals surface area contributed by atoms with Gasteiger partial charge in [0, 0.05) is 11.7 Å². The maximum Gasteiger partial charge on any atom is 0.261 e. The van der Waals surface area contributed by atoms with E-state index in [9.17, 15) is 22.0 Å². The molecule has 2 bridgehead atoms. The van der Waals surface area contributed by atoms with Crippen LogP contribution in [0.1, 0.15) is 43.0 Å². The fourth-order valence-corrected chi connectivity index (χ4v) is 6.23. The van der Waals surface area contributed by atoms with Crippen LogP contribution in [0.5, 0.6) is 0 Å². The van der Waals surface area contributed by atoms with Gasteiger partial charge in [-0.2, -0.15) is 0 Å². The van der Waals surface area contributed by atoms with Crippen molar-refractivity contribution in [1.82, 2.24) is 4.72 Å². The van der Waals surface area contributed by atoms with Gasteiger partial charge in [-0.05, 0) is 80.3 Å². The van der Waals surface area contributed by atoms with E-state index >= 15 is 0 Å². The van der Waals surface area contributed by atoms with Crippen LogP contribution in [0.25, 0.3) is 0 Å². The molecule has 4 unspecified atom stereocenters. The number of fused-ring (bicyclic) bond motifs is 2. The molecule has 8 heteroatoms. The first-order valence-electron chi connectivity index (χ1n) is 10.1. The van der Waals surface area contributed by atoms with Gasteiger partial charge in [-0.1, -0.05) is 12.5 Å². The Morgan fingerprint density at radius 1 is 1.03 bits per heavy atom. The molecule has 0 aromatic heterocycles. The highest BCUT2D eigenvalue weighted by atomic mass is 32.2. The predicted molar refractivity (Wildman–Crippen MR) is 109 cm³/mol. The molecule has 2 saturated carbocycles. The second-order valence-corrected chi connectivity index (χ2v) is 10.0. The van der Waals surface area contributed by atoms with Gasteiger partial charge in [0.15, 0.2) is 0 Å². The number of hydrogen-bond donors (Lipinski definition) is 2. The number of benzene rings is 2. The van der Waals surface area contributed by atoms with Crippen molar-refractivity contribution < 1.29 is 22.0 Å². The molecular formula is C22H24F2N2O3S. The van der Waals surface area contributed by atoms with E-state index < -0.39 is 33.1 Å². The number of carbonyl (C=O) groups is 1. The smallest absolute Gasteiger partial charge is 0.261 e. The molecule has 2 aromatic carbocycles. The summed E-state index contributed by atoms with van der Waals surface area (Å²) in [7, 11) is -3.71. The Balaban J connectivity index is 1.43. The molecule has 0 aliphatic heterocycles. The van der Waals surface area contributed by atoms with Crippen molar-refractivity contribution >= 4 is 21.6 Å². The number of anilines is 1. The number of nitrogens with one attached hydrogen (secondary N) is 2. The molecule has 2 aliphatic rings. The van der Waals surface area contributed by atoms with Gasteiger partial charge >= 0.3 is 0 Å². The topological polar surface area (TPSA) is 75.3 Å². The molecule has 2 aromatic rings. The number of amides is 1. The maximum atomic E-state index is 13.7. The third kappa shape index (κ3) is 4.11. The fourth-order valence-electron chi connectivity index (χ4n) is 4.93. The van der Waals surface area contributed by atoms with Gasteiger partial charge in [0.25, 0.3) is 5.91 Å². The predicted octanol–water partition coefficient (Wildman–Crippen LogP) is 4.32. The zero-order chi connectivity index (χ0) is 21.5. The first-order chi connectivity index (χ1) is 14.2. The Kier molecular flexibility index (Phi) is 5.63. The maximum absolute atomic E-state index is 13.7. The molecule has 4 rings (SSSR count). The van der Waals surface area contributed by atoms with Gasteiger partial charge < -0.3 is 5.32 Å². The summed E-state index contributed by atoms with van der Waals surface area (Å²) in [6, 6.07) is 8.54. The van der Waals surface area contributed by atoms with Crippen molar-refractivity contribution in [2.24, 2.45) is 17.8 Å². The molecule has 0 heterocycles. The molecule has 2 fully saturated rings. The Labute approximate surface area is 174 Å². The Morgan fingerprint density at radius 3 is 2.27 bits per heavy atom. The highest BCUT2D eigenvalue weighted by molar-refractivity contribution is 7.89. The number of carbonyl (C=O) groups excluding carboxylic acids is 1. The van der Waals surface area contributed by atoms with Gasteiger partial charge in [0.2, 0.25) is 10.0 Å². The third-order valence-corrected chi connectivity index (χ3v) is 7.96. The van der Waals surface area contributed by atoms with E-state index in [1.807, 2.05) is 6.92 Å². The summed E-state index contributed by atoms with van der Waals surface area (Å²) < 4.78 is 55.8. The molecule has 0 spiro atoms. The summed E-state index contributed by atoms with van der Waals surface area (Å²) in [5.41, 5.74) is -0.446. The molecule has 160 valence electrons. The summed E-state index contributed by atoms with van der Waals surface area (Å²) in [6.45, 7) is 1.92. The van der Waals surface area contributed by atoms with Gasteiger partial charge in [0.1, 0.15) is 17.2 Å². The minimum atomic E-state index is -3.71. The number of rotatable bonds is 6. The van der Waals surface area contributed by atoms with Crippen molar-refractivity contribution in [2.45, 2.75) is 43.5 Å². The standard InChI is InChI=1S/C22H24F2N2O3S/c1-13(18-12-14-5-6-15(18)11-14)26-30(28,29)17-9-7-16(8-10-17)25-22(27)21-19(23)3-2-4-20(21)24/h2-4,7-10,13-15,18,26H,5-6,11-12H2,1H3,(H,25,27). The van der Waals surface area contributed by atoms with E-state index in [0.29, 0.717) is 11.8 Å². The Hall–Kier alpha value is -2.32. The summed E-state index contributed by atoms with van der Waals surface area (Å²) >= 11 is 0. The number of hydrogen-bond acceptors (Lipinski definition) is 3. The number of halogens is 2. The second kappa shape index (κ2) is 8.07. The normalized spacial score (nSPS) is 24.0. The van der Waals surface area contributed by atoms with Crippen LogP contribution < -0.4 is 10.0 Å². The first kappa shape index (κ1) is 20.9. The fraction of sp³-hybridized carbons (Fsp3) is 0.409. The SMILES string of the molecule is CC(NS(=O)(=O)c1ccc(NC(=O)c2c(F)cccc2F)cc1)C1CC2CCC1C2. The zero-order valence-corrected chi connectivity index (χ0v) is 17.4. The van der Waals surface area contributed by atoms with Crippen LogP contribution in [0.4, 0.5) is 14.5 Å². The minimum absolute atomic E-state index is 0.0765. The minimum Gasteiger partial charge on any atom is -0.322 e. The molecule has 5 nitrogen and oxygen atoms in total. The van der Waals surface area contributed by atoms with Crippen LogP contribution in [0.15, 0.2) is 47.4 Å². The van der Waals surface area contributed by atoms with E-state index in [1.54, 1.807) is 0 Å². The zero-order valence-electron chi connectivity index (χ0n) is 16.6. The lowest BCUT2D eigenvalue weighted by Gasteiger charge is -2.28. The van der Waals surface area contributed by atoms with Crippen LogP contribution in [0.2, 0.25) is 0 Å². The second-order valence-electron chi connectivity index (χ2n) is 8.32. The molecule has 4 atom stereocenters. The van der Waals surface area contributed by atoms with Crippen LogP contribution >= 0.6 is 0 Å². The summed E-state index contributed by atoms with van der Waals surface area (Å²) in [5, 5.41) is 2.39. The van der Waals surface area contributed by atoms with Crippen molar-refractivity contribution in [3.8, 4) is 0 Å². The molecular weight excluding hydrogens is 410 g/mol. The van der Waals surface area contributed by atoms with Crippen LogP contribution in [0.3, 0.4) is 0 Å². The van der Waals surface area contributed by atoms with Gasteiger partial charge in [-0.3, -0.25) is 4.79 Å². The molecule has 2 N–H and O–H groups in total. The van der Waals surface area contributed by atoms with Crippen molar-refractivity contribution in [1.29, 1.82) is 0 Å². The third-order valence-electron chi connectivity index (χ3n) is 6.39. The van der Waals surface area contributed by atoms with E-state index in [4.69, 9.17) is 0 Å². The van der Waals surface area contributed by atoms with E-state index in [-0.39, 0.29) is 16.6 Å². The van der Waals surface area contributed by atoms with Crippen molar-refractivity contribution in [3.63, 3.8) is 0 Å². The lowest BCUT2D eigenvalue weighted by Crippen LogP contribution is -2.40. The van der Waals surface area contributed by atoms with Crippen LogP contribution in [0, 0.1) is 29.4 Å². The van der Waals surface area contributed by atoms with Gasteiger partial charge in [0.05, 0.1) is 4.90 Å². The highest BCUT2D eigenvalue weighted by Crippen LogP contribution is 2.49. The van der Waals surface area contributed by atoms with Crippen molar-refractivity contribution in [3.05, 3.63) is 59.7 Å². The Bertz CT molecular complexity index is 1040. The monoisotopic (exact) mass is 434 g/mol. The average molecular weight is 435 g/mol. The highest BCUT2D eigenvalue weighted by Gasteiger charge is 2.42. The molecule has 2 aliphatic carbocycles. The van der Waals surface area contributed by atoms with Crippen LogP contribution in [-0.2, 0) is 10.0 Å². The van der Waals surface area contributed by atoms with Gasteiger partial charge in [-0.15, -0.1) is 0 Å². The molecule has 0 radical (unpaired) electrons. The van der Waals surface area contributed by atoms with Crippen molar-refractivity contribution in [2.75, 3.05) is 5.32 Å². The summed E-state index contributed by atoms with van der Waals surface area (Å²) in [4.78, 5) is 12.2. The van der Waals surface area contributed by atoms with E-state index in [1.165, 1.54) is 49.6 Å². The quantitative estimate of drug-likeness (QED) is 0.711. The summed E-state index contributed by atoms with van der Waals surface area (Å²) in [6.07, 6.45) is 4.71. The van der Waals surface area contributed by atoms with E-state index in [0.717, 1.165) is 24.5 Å². The molecule has 1 amide bonds. The van der Waals surface area contributed by atoms with Crippen LogP contribution in [-0.4, -0.2) is 20.4 Å². The largest absolute Gasteiger partial charge is 0.322 e. The summed E-state index contributed by atoms with van der Waals surface area (Å²) in [5.74, 6) is -1.17. The lowest BCUT2D eigenvalue weighted by atomic mass is 9.84. The lowest BCUT2D eigenvalue weighted by molar-refractivity contribution is 0.101. The Morgan fingerprint density at radius 2 is 1.70 bits per heavy atom. The number of sulfonamides is 1. The average Bonchev–Trinajstić information content (AvgIpc) is 3.31. The van der Waals surface area contributed by atoms with E-state index in [2.05, 4.69) is 10.0 Å². The van der Waals surface area contributed by atoms with Gasteiger partial charge in [-0.25, -0.2) is 21.9 Å². The molecule has 0 saturated heterocycles. The first-order valence-corrected chi connectivity index (χ1v) is 11.6.